The number of thiazole rings is 1. The van der Waals surface area contributed by atoms with Crippen LogP contribution < -0.4 is 16.0 Å². The smallest absolute Gasteiger partial charge is 0.236 e. The van der Waals surface area contributed by atoms with Gasteiger partial charge in [0.25, 0.3) is 0 Å². The second-order valence-corrected chi connectivity index (χ2v) is 9.16. The maximum absolute atomic E-state index is 12.3. The molecule has 0 radical (unpaired) electrons. The average molecular weight is 455 g/mol. The van der Waals surface area contributed by atoms with Gasteiger partial charge >= 0.3 is 0 Å². The van der Waals surface area contributed by atoms with E-state index in [0.717, 1.165) is 48.3 Å². The predicted molar refractivity (Wildman–Crippen MR) is 123 cm³/mol. The molecule has 4 N–H and O–H groups in total. The first kappa shape index (κ1) is 21.0. The lowest BCUT2D eigenvalue weighted by Crippen LogP contribution is -2.47. The van der Waals surface area contributed by atoms with E-state index in [4.69, 9.17) is 4.98 Å². The van der Waals surface area contributed by atoms with Crippen molar-refractivity contribution >= 4 is 44.5 Å². The Balaban J connectivity index is 1.39. The number of anilines is 3. The van der Waals surface area contributed by atoms with Gasteiger partial charge in [0.2, 0.25) is 11.9 Å². The highest BCUT2D eigenvalue weighted by molar-refractivity contribution is 7.21. The van der Waals surface area contributed by atoms with Crippen molar-refractivity contribution in [3.8, 4) is 0 Å². The number of nitrogens with one attached hydrogen (secondary N) is 3. The zero-order valence-corrected chi connectivity index (χ0v) is 18.4. The van der Waals surface area contributed by atoms with Crippen molar-refractivity contribution in [2.45, 2.75) is 44.4 Å². The Morgan fingerprint density at radius 3 is 2.91 bits per heavy atom. The number of carbonyl (C=O) groups is 1. The van der Waals surface area contributed by atoms with Gasteiger partial charge in [-0.15, -0.1) is 0 Å². The van der Waals surface area contributed by atoms with Crippen LogP contribution in [0.3, 0.4) is 0 Å². The molecule has 4 heterocycles. The van der Waals surface area contributed by atoms with Crippen molar-refractivity contribution in [1.29, 1.82) is 0 Å². The molecular weight excluding hydrogens is 428 g/mol. The highest BCUT2D eigenvalue weighted by atomic mass is 32.1. The van der Waals surface area contributed by atoms with E-state index >= 15 is 0 Å². The summed E-state index contributed by atoms with van der Waals surface area (Å²) < 4.78 is 0. The SMILES string of the molecule is O=C1CNCCN1Cc1cc(Nc2nc3cccnc3s2)nc(NC2CCC(O)CC2)n1. The normalized spacial score (nSPS) is 21.7. The summed E-state index contributed by atoms with van der Waals surface area (Å²) in [6, 6.07) is 5.87. The topological polar surface area (TPSA) is 128 Å². The van der Waals surface area contributed by atoms with Crippen molar-refractivity contribution in [3.63, 3.8) is 0 Å². The third-order valence-corrected chi connectivity index (χ3v) is 6.65. The molecule has 1 saturated carbocycles. The van der Waals surface area contributed by atoms with Gasteiger partial charge in [0.15, 0.2) is 5.13 Å². The maximum atomic E-state index is 12.3. The molecule has 168 valence electrons. The molecule has 1 aliphatic carbocycles. The lowest BCUT2D eigenvalue weighted by atomic mass is 9.93. The molecule has 3 aromatic heterocycles. The molecule has 32 heavy (non-hydrogen) atoms. The fraction of sp³-hybridized carbons (Fsp3) is 0.476. The van der Waals surface area contributed by atoms with Crippen molar-refractivity contribution in [3.05, 3.63) is 30.1 Å². The molecule has 10 nitrogen and oxygen atoms in total. The first-order chi connectivity index (χ1) is 15.6. The van der Waals surface area contributed by atoms with E-state index in [1.165, 1.54) is 11.3 Å². The Morgan fingerprint density at radius 2 is 2.09 bits per heavy atom. The monoisotopic (exact) mass is 454 g/mol. The molecule has 0 atom stereocenters. The number of hydrogen-bond donors (Lipinski definition) is 4. The largest absolute Gasteiger partial charge is 0.393 e. The van der Waals surface area contributed by atoms with Crippen molar-refractivity contribution < 1.29 is 9.90 Å². The van der Waals surface area contributed by atoms with Gasteiger partial charge in [-0.1, -0.05) is 11.3 Å². The second kappa shape index (κ2) is 9.31. The molecule has 11 heteroatoms. The van der Waals surface area contributed by atoms with Crippen LogP contribution in [0.2, 0.25) is 0 Å². The van der Waals surface area contributed by atoms with Gasteiger partial charge in [-0.25, -0.2) is 15.0 Å². The lowest BCUT2D eigenvalue weighted by molar-refractivity contribution is -0.132. The minimum Gasteiger partial charge on any atom is -0.393 e. The van der Waals surface area contributed by atoms with Crippen LogP contribution in [0.25, 0.3) is 10.3 Å². The van der Waals surface area contributed by atoms with Crippen LogP contribution in [0.4, 0.5) is 16.9 Å². The fourth-order valence-electron chi connectivity index (χ4n) is 4.05. The van der Waals surface area contributed by atoms with Crippen LogP contribution in [0.15, 0.2) is 24.4 Å². The molecule has 1 amide bonds. The van der Waals surface area contributed by atoms with Gasteiger partial charge in [0.1, 0.15) is 16.2 Å². The second-order valence-electron chi connectivity index (χ2n) is 8.18. The molecule has 3 aromatic rings. The molecule has 2 aliphatic rings. The summed E-state index contributed by atoms with van der Waals surface area (Å²) >= 11 is 1.46. The van der Waals surface area contributed by atoms with Gasteiger partial charge in [-0.3, -0.25) is 4.79 Å². The van der Waals surface area contributed by atoms with Crippen molar-refractivity contribution in [2.24, 2.45) is 0 Å². The summed E-state index contributed by atoms with van der Waals surface area (Å²) in [4.78, 5) is 33.2. The number of aliphatic hydroxyl groups excluding tert-OH is 1. The van der Waals surface area contributed by atoms with Crippen LogP contribution in [-0.2, 0) is 11.3 Å². The van der Waals surface area contributed by atoms with Crippen LogP contribution >= 0.6 is 11.3 Å². The molecule has 0 aromatic carbocycles. The van der Waals surface area contributed by atoms with Gasteiger partial charge in [0.05, 0.1) is 24.9 Å². The minimum absolute atomic E-state index is 0.0670. The van der Waals surface area contributed by atoms with Gasteiger partial charge in [0, 0.05) is 31.4 Å². The summed E-state index contributed by atoms with van der Waals surface area (Å²) in [5.41, 5.74) is 1.59. The third-order valence-electron chi connectivity index (χ3n) is 5.75. The summed E-state index contributed by atoms with van der Waals surface area (Å²) in [5.74, 6) is 1.21. The number of fused-ring (bicyclic) bond motifs is 1. The average Bonchev–Trinajstić information content (AvgIpc) is 3.19. The van der Waals surface area contributed by atoms with Crippen molar-refractivity contribution in [2.75, 3.05) is 30.3 Å². The summed E-state index contributed by atoms with van der Waals surface area (Å²) in [6.07, 6.45) is 4.83. The van der Waals surface area contributed by atoms with Crippen molar-refractivity contribution in [1.82, 2.24) is 30.2 Å². The first-order valence-corrected chi connectivity index (χ1v) is 11.7. The van der Waals surface area contributed by atoms with E-state index in [1.54, 1.807) is 6.20 Å². The highest BCUT2D eigenvalue weighted by Crippen LogP contribution is 2.27. The van der Waals surface area contributed by atoms with E-state index in [0.29, 0.717) is 36.5 Å². The fourth-order valence-corrected chi connectivity index (χ4v) is 4.87. The van der Waals surface area contributed by atoms with E-state index in [-0.39, 0.29) is 18.1 Å². The maximum Gasteiger partial charge on any atom is 0.236 e. The van der Waals surface area contributed by atoms with Crippen LogP contribution in [0.1, 0.15) is 31.4 Å². The van der Waals surface area contributed by atoms with E-state index in [9.17, 15) is 9.90 Å². The van der Waals surface area contributed by atoms with Crippen LogP contribution in [-0.4, -0.2) is 67.6 Å². The Kier molecular flexibility index (Phi) is 6.10. The predicted octanol–water partition coefficient (Wildman–Crippen LogP) is 1.87. The molecule has 5 rings (SSSR count). The molecular formula is C21H26N8O2S. The number of aromatic nitrogens is 4. The lowest BCUT2D eigenvalue weighted by Gasteiger charge is -2.28. The van der Waals surface area contributed by atoms with Crippen LogP contribution in [0, 0.1) is 0 Å². The van der Waals surface area contributed by atoms with Gasteiger partial charge in [-0.05, 0) is 37.8 Å². The Bertz CT molecular complexity index is 1070. The Hall–Kier alpha value is -2.89. The molecule has 1 saturated heterocycles. The zero-order chi connectivity index (χ0) is 21.9. The van der Waals surface area contributed by atoms with E-state index in [2.05, 4.69) is 30.9 Å². The number of piperazine rings is 1. The van der Waals surface area contributed by atoms with Crippen LogP contribution in [0.5, 0.6) is 0 Å². The summed E-state index contributed by atoms with van der Waals surface area (Å²) in [7, 11) is 0. The number of aliphatic hydroxyl groups is 1. The van der Waals surface area contributed by atoms with Gasteiger partial charge in [-0.2, -0.15) is 4.98 Å². The number of hydrogen-bond acceptors (Lipinski definition) is 10. The van der Waals surface area contributed by atoms with Gasteiger partial charge < -0.3 is 26.0 Å². The molecule has 0 spiro atoms. The van der Waals surface area contributed by atoms with E-state index < -0.39 is 0 Å². The number of rotatable bonds is 6. The summed E-state index contributed by atoms with van der Waals surface area (Å²) in [6.45, 7) is 2.20. The molecule has 1 aliphatic heterocycles. The standard InChI is InChI=1S/C21H26N8O2S/c30-15-5-3-13(4-6-15)24-20-25-14(12-29-9-8-22-11-18(29)31)10-17(27-20)28-21-26-16-2-1-7-23-19(16)32-21/h1-2,7,10,13,15,22,30H,3-6,8-9,11-12H2,(H2,24,25,26,27,28). The molecule has 0 bridgehead atoms. The zero-order valence-electron chi connectivity index (χ0n) is 17.6. The third kappa shape index (κ3) is 4.95. The summed E-state index contributed by atoms with van der Waals surface area (Å²) in [5, 5.41) is 20.3. The highest BCUT2D eigenvalue weighted by Gasteiger charge is 2.22. The number of nitrogens with zero attached hydrogens (tertiary/aromatic N) is 5. The number of pyridine rings is 1. The Labute approximate surface area is 189 Å². The van der Waals surface area contributed by atoms with E-state index in [1.807, 2.05) is 23.1 Å². The quantitative estimate of drug-likeness (QED) is 0.441. The Morgan fingerprint density at radius 1 is 1.22 bits per heavy atom. The number of amides is 1. The number of carbonyl (C=O) groups excluding carboxylic acids is 1. The first-order valence-electron chi connectivity index (χ1n) is 10.9. The minimum atomic E-state index is -0.219. The molecule has 2 fully saturated rings. The molecule has 0 unspecified atom stereocenters.